The number of ether oxygens (including phenoxy) is 2. The summed E-state index contributed by atoms with van der Waals surface area (Å²) in [4.78, 5) is 22.8. The summed E-state index contributed by atoms with van der Waals surface area (Å²) < 4.78 is 9.39. The summed E-state index contributed by atoms with van der Waals surface area (Å²) in [5.74, 6) is -0.670. The van der Waals surface area contributed by atoms with E-state index in [0.717, 1.165) is 5.56 Å². The summed E-state index contributed by atoms with van der Waals surface area (Å²) in [7, 11) is 2.81. The summed E-state index contributed by atoms with van der Waals surface area (Å²) in [5.41, 5.74) is 6.91. The molecule has 0 aliphatic carbocycles. The van der Waals surface area contributed by atoms with Crippen molar-refractivity contribution < 1.29 is 19.1 Å². The highest BCUT2D eigenvalue weighted by atomic mass is 16.5. The second-order valence-corrected chi connectivity index (χ2v) is 3.97. The number of nitrogens with one attached hydrogen (secondary N) is 1. The van der Waals surface area contributed by atoms with Gasteiger partial charge in [-0.3, -0.25) is 4.79 Å². The Morgan fingerprint density at radius 3 is 2.42 bits per heavy atom. The second kappa shape index (κ2) is 7.50. The van der Waals surface area contributed by atoms with Crippen molar-refractivity contribution in [3.8, 4) is 0 Å². The Kier molecular flexibility index (Phi) is 5.98. The number of carbonyl (C=O) groups is 2. The van der Waals surface area contributed by atoms with E-state index in [4.69, 9.17) is 10.5 Å². The van der Waals surface area contributed by atoms with Crippen LogP contribution < -0.4 is 11.1 Å². The van der Waals surface area contributed by atoms with Crippen molar-refractivity contribution in [1.29, 1.82) is 0 Å². The normalized spacial score (nSPS) is 11.7. The SMILES string of the molecule is COCC(N)C(=O)NCc1ccc(C(=O)OC)cc1. The molecule has 19 heavy (non-hydrogen) atoms. The molecule has 104 valence electrons. The highest BCUT2D eigenvalue weighted by Gasteiger charge is 2.12. The average molecular weight is 266 g/mol. The molecule has 1 rings (SSSR count). The highest BCUT2D eigenvalue weighted by Crippen LogP contribution is 2.05. The van der Waals surface area contributed by atoms with Gasteiger partial charge in [-0.15, -0.1) is 0 Å². The van der Waals surface area contributed by atoms with E-state index in [-0.39, 0.29) is 12.5 Å². The number of hydrogen-bond acceptors (Lipinski definition) is 5. The van der Waals surface area contributed by atoms with Crippen LogP contribution in [0.1, 0.15) is 15.9 Å². The van der Waals surface area contributed by atoms with Crippen LogP contribution in [-0.4, -0.2) is 38.7 Å². The van der Waals surface area contributed by atoms with E-state index in [9.17, 15) is 9.59 Å². The zero-order valence-corrected chi connectivity index (χ0v) is 11.0. The van der Waals surface area contributed by atoms with Crippen LogP contribution in [0, 0.1) is 0 Å². The molecule has 0 saturated carbocycles. The zero-order chi connectivity index (χ0) is 14.3. The van der Waals surface area contributed by atoms with Crippen LogP contribution in [0.25, 0.3) is 0 Å². The summed E-state index contributed by atoms with van der Waals surface area (Å²) in [6.45, 7) is 0.519. The molecule has 0 spiro atoms. The Balaban J connectivity index is 2.50. The number of methoxy groups -OCH3 is 2. The number of amides is 1. The van der Waals surface area contributed by atoms with Crippen molar-refractivity contribution in [2.24, 2.45) is 5.73 Å². The van der Waals surface area contributed by atoms with Gasteiger partial charge in [0.2, 0.25) is 5.91 Å². The largest absolute Gasteiger partial charge is 0.465 e. The number of nitrogens with two attached hydrogens (primary N) is 1. The van der Waals surface area contributed by atoms with E-state index in [1.54, 1.807) is 24.3 Å². The van der Waals surface area contributed by atoms with Crippen LogP contribution in [0.2, 0.25) is 0 Å². The lowest BCUT2D eigenvalue weighted by molar-refractivity contribution is -0.123. The Labute approximate surface area is 111 Å². The van der Waals surface area contributed by atoms with E-state index >= 15 is 0 Å². The highest BCUT2D eigenvalue weighted by molar-refractivity contribution is 5.89. The summed E-state index contributed by atoms with van der Waals surface area (Å²) in [6, 6.07) is 6.09. The van der Waals surface area contributed by atoms with E-state index in [1.165, 1.54) is 14.2 Å². The molecule has 1 aromatic rings. The zero-order valence-electron chi connectivity index (χ0n) is 11.0. The van der Waals surface area contributed by atoms with Crippen LogP contribution >= 0.6 is 0 Å². The minimum absolute atomic E-state index is 0.174. The molecule has 1 amide bonds. The summed E-state index contributed by atoms with van der Waals surface area (Å²) in [6.07, 6.45) is 0. The maximum Gasteiger partial charge on any atom is 0.337 e. The topological polar surface area (TPSA) is 90.6 Å². The van der Waals surface area contributed by atoms with Crippen LogP contribution in [0.15, 0.2) is 24.3 Å². The van der Waals surface area contributed by atoms with Gasteiger partial charge in [0.25, 0.3) is 0 Å². The Hall–Kier alpha value is -1.92. The van der Waals surface area contributed by atoms with E-state index in [2.05, 4.69) is 10.1 Å². The summed E-state index contributed by atoms with van der Waals surface area (Å²) in [5, 5.41) is 2.69. The molecule has 1 aromatic carbocycles. The van der Waals surface area contributed by atoms with E-state index in [0.29, 0.717) is 12.1 Å². The first-order chi connectivity index (χ1) is 9.08. The van der Waals surface area contributed by atoms with Gasteiger partial charge in [0, 0.05) is 13.7 Å². The van der Waals surface area contributed by atoms with Gasteiger partial charge in [0.05, 0.1) is 19.3 Å². The van der Waals surface area contributed by atoms with Crippen molar-refractivity contribution >= 4 is 11.9 Å². The van der Waals surface area contributed by atoms with Crippen LogP contribution in [0.5, 0.6) is 0 Å². The second-order valence-electron chi connectivity index (χ2n) is 3.97. The van der Waals surface area contributed by atoms with Crippen molar-refractivity contribution in [1.82, 2.24) is 5.32 Å². The molecule has 0 aliphatic heterocycles. The van der Waals surface area contributed by atoms with Crippen LogP contribution in [0.3, 0.4) is 0 Å². The quantitative estimate of drug-likeness (QED) is 0.711. The first-order valence-electron chi connectivity index (χ1n) is 5.78. The molecular weight excluding hydrogens is 248 g/mol. The Morgan fingerprint density at radius 1 is 1.26 bits per heavy atom. The molecule has 0 bridgehead atoms. The standard InChI is InChI=1S/C13H18N2O4/c1-18-8-11(14)12(16)15-7-9-3-5-10(6-4-9)13(17)19-2/h3-6,11H,7-8,14H2,1-2H3,(H,15,16). The lowest BCUT2D eigenvalue weighted by Gasteiger charge is -2.11. The molecule has 1 atom stereocenters. The number of carbonyl (C=O) groups excluding carboxylic acids is 2. The van der Waals surface area contributed by atoms with Crippen LogP contribution in [-0.2, 0) is 20.8 Å². The lowest BCUT2D eigenvalue weighted by Crippen LogP contribution is -2.43. The number of rotatable bonds is 6. The van der Waals surface area contributed by atoms with Gasteiger partial charge in [-0.2, -0.15) is 0 Å². The predicted octanol–water partition coefficient (Wildman–Crippen LogP) is 0.0631. The molecule has 3 N–H and O–H groups in total. The Morgan fingerprint density at radius 2 is 1.89 bits per heavy atom. The first kappa shape index (κ1) is 15.1. The van der Waals surface area contributed by atoms with Crippen LogP contribution in [0.4, 0.5) is 0 Å². The fourth-order valence-electron chi connectivity index (χ4n) is 1.45. The third-order valence-electron chi connectivity index (χ3n) is 2.52. The third-order valence-corrected chi connectivity index (χ3v) is 2.52. The van der Waals surface area contributed by atoms with Gasteiger partial charge < -0.3 is 20.5 Å². The maximum atomic E-state index is 11.5. The number of esters is 1. The molecule has 0 heterocycles. The van der Waals surface area contributed by atoms with E-state index in [1.807, 2.05) is 0 Å². The molecule has 0 fully saturated rings. The summed E-state index contributed by atoms with van der Waals surface area (Å²) >= 11 is 0. The molecule has 0 saturated heterocycles. The monoisotopic (exact) mass is 266 g/mol. The third kappa shape index (κ3) is 4.69. The first-order valence-corrected chi connectivity index (χ1v) is 5.78. The number of hydrogen-bond donors (Lipinski definition) is 2. The van der Waals surface area contributed by atoms with Gasteiger partial charge in [-0.1, -0.05) is 12.1 Å². The minimum atomic E-state index is -0.681. The molecule has 6 nitrogen and oxygen atoms in total. The van der Waals surface area contributed by atoms with Crippen molar-refractivity contribution in [2.75, 3.05) is 20.8 Å². The maximum absolute atomic E-state index is 11.5. The fourth-order valence-corrected chi connectivity index (χ4v) is 1.45. The smallest absolute Gasteiger partial charge is 0.337 e. The average Bonchev–Trinajstić information content (AvgIpc) is 2.44. The molecule has 0 aliphatic rings. The molecule has 1 unspecified atom stereocenters. The van der Waals surface area contributed by atoms with Gasteiger partial charge in [0.1, 0.15) is 6.04 Å². The van der Waals surface area contributed by atoms with Gasteiger partial charge in [0.15, 0.2) is 0 Å². The van der Waals surface area contributed by atoms with Crippen molar-refractivity contribution in [3.63, 3.8) is 0 Å². The van der Waals surface area contributed by atoms with Gasteiger partial charge in [-0.05, 0) is 17.7 Å². The van der Waals surface area contributed by atoms with Crippen molar-refractivity contribution in [3.05, 3.63) is 35.4 Å². The van der Waals surface area contributed by atoms with Crippen molar-refractivity contribution in [2.45, 2.75) is 12.6 Å². The minimum Gasteiger partial charge on any atom is -0.465 e. The Bertz CT molecular complexity index is 431. The molecule has 0 aromatic heterocycles. The lowest BCUT2D eigenvalue weighted by atomic mass is 10.1. The molecular formula is C13H18N2O4. The van der Waals surface area contributed by atoms with Gasteiger partial charge in [-0.25, -0.2) is 4.79 Å². The fraction of sp³-hybridized carbons (Fsp3) is 0.385. The van der Waals surface area contributed by atoms with Gasteiger partial charge >= 0.3 is 5.97 Å². The predicted molar refractivity (Wildman–Crippen MR) is 69.5 cm³/mol. The number of benzene rings is 1. The van der Waals surface area contributed by atoms with E-state index < -0.39 is 12.0 Å². The molecule has 0 radical (unpaired) electrons. The molecule has 6 heteroatoms.